The first-order valence-electron chi connectivity index (χ1n) is 6.49. The zero-order valence-corrected chi connectivity index (χ0v) is 11.1. The number of pyridine rings is 1. The highest BCUT2D eigenvalue weighted by molar-refractivity contribution is 5.83. The second kappa shape index (κ2) is 4.38. The maximum Gasteiger partial charge on any atom is 0.254 e. The summed E-state index contributed by atoms with van der Waals surface area (Å²) >= 11 is 0. The number of aromatic hydroxyl groups is 1. The van der Waals surface area contributed by atoms with E-state index in [0.717, 1.165) is 31.6 Å². The summed E-state index contributed by atoms with van der Waals surface area (Å²) in [6.07, 6.45) is 2.98. The van der Waals surface area contributed by atoms with Crippen molar-refractivity contribution in [3.05, 3.63) is 22.1 Å². The van der Waals surface area contributed by atoms with E-state index in [1.807, 2.05) is 6.92 Å². The van der Waals surface area contributed by atoms with Gasteiger partial charge in [-0.1, -0.05) is 0 Å². The first-order valence-corrected chi connectivity index (χ1v) is 6.49. The number of hydrogen-bond donors (Lipinski definition) is 1. The molecule has 2 aromatic rings. The van der Waals surface area contributed by atoms with Crippen molar-refractivity contribution in [2.45, 2.75) is 32.4 Å². The van der Waals surface area contributed by atoms with Crippen LogP contribution >= 0.6 is 0 Å². The molecule has 0 amide bonds. The predicted molar refractivity (Wildman–Crippen MR) is 70.2 cm³/mol. The van der Waals surface area contributed by atoms with Crippen molar-refractivity contribution in [2.24, 2.45) is 7.05 Å². The Hall–Kier alpha value is -1.82. The average molecular weight is 263 g/mol. The molecule has 1 N–H and O–H groups in total. The van der Waals surface area contributed by atoms with E-state index in [1.54, 1.807) is 11.7 Å². The number of aromatic nitrogens is 3. The molecule has 1 atom stereocenters. The molecule has 1 unspecified atom stereocenters. The predicted octanol–water partition coefficient (Wildman–Crippen LogP) is 1.45. The molecule has 3 rings (SSSR count). The lowest BCUT2D eigenvalue weighted by molar-refractivity contribution is -0.0402. The van der Waals surface area contributed by atoms with Crippen molar-refractivity contribution in [1.82, 2.24) is 14.3 Å². The number of hydrogen-bond acceptors (Lipinski definition) is 4. The van der Waals surface area contributed by atoms with Gasteiger partial charge in [0.05, 0.1) is 11.2 Å². The van der Waals surface area contributed by atoms with Gasteiger partial charge in [0.2, 0.25) is 0 Å². The molecule has 2 aromatic heterocycles. The summed E-state index contributed by atoms with van der Waals surface area (Å²) in [5.41, 5.74) is 1.72. The third-order valence-electron chi connectivity index (χ3n) is 3.72. The van der Waals surface area contributed by atoms with Crippen molar-refractivity contribution in [3.63, 3.8) is 0 Å². The number of ether oxygens (including phenoxy) is 1. The second-order valence-electron chi connectivity index (χ2n) is 4.98. The Morgan fingerprint density at radius 1 is 1.47 bits per heavy atom. The van der Waals surface area contributed by atoms with E-state index >= 15 is 0 Å². The maximum absolute atomic E-state index is 11.7. The van der Waals surface area contributed by atoms with E-state index in [0.29, 0.717) is 11.0 Å². The lowest BCUT2D eigenvalue weighted by Gasteiger charge is -2.23. The average Bonchev–Trinajstić information content (AvgIpc) is 2.76. The van der Waals surface area contributed by atoms with Crippen LogP contribution in [0.5, 0.6) is 5.75 Å². The molecule has 0 saturated carbocycles. The monoisotopic (exact) mass is 263 g/mol. The minimum atomic E-state index is -0.239. The maximum atomic E-state index is 11.7. The fraction of sp³-hybridized carbons (Fsp3) is 0.538. The summed E-state index contributed by atoms with van der Waals surface area (Å²) in [5, 5.41) is 14.3. The molecule has 1 aliphatic heterocycles. The molecule has 0 radical (unpaired) electrons. The lowest BCUT2D eigenvalue weighted by atomic mass is 10.2. The Bertz CT molecular complexity index is 680. The highest BCUT2D eigenvalue weighted by atomic mass is 16.5. The van der Waals surface area contributed by atoms with Gasteiger partial charge in [-0.25, -0.2) is 4.68 Å². The van der Waals surface area contributed by atoms with Gasteiger partial charge in [-0.3, -0.25) is 4.79 Å². The van der Waals surface area contributed by atoms with Gasteiger partial charge in [0, 0.05) is 19.7 Å². The van der Waals surface area contributed by atoms with Gasteiger partial charge >= 0.3 is 0 Å². The van der Waals surface area contributed by atoms with Gasteiger partial charge in [0.25, 0.3) is 5.56 Å². The molecule has 1 fully saturated rings. The molecule has 6 nitrogen and oxygen atoms in total. The SMILES string of the molecule is Cc1c2c(nn1C1CCCCO1)c(O)cc(=O)n2C. The zero-order valence-electron chi connectivity index (χ0n) is 11.1. The molecular weight excluding hydrogens is 246 g/mol. The van der Waals surface area contributed by atoms with E-state index in [1.165, 1.54) is 10.6 Å². The molecule has 1 saturated heterocycles. The first kappa shape index (κ1) is 12.2. The minimum absolute atomic E-state index is 0.0734. The quantitative estimate of drug-likeness (QED) is 0.845. The molecule has 0 aliphatic carbocycles. The van der Waals surface area contributed by atoms with Crippen molar-refractivity contribution in [2.75, 3.05) is 6.61 Å². The number of fused-ring (bicyclic) bond motifs is 1. The summed E-state index contributed by atoms with van der Waals surface area (Å²) in [4.78, 5) is 11.7. The minimum Gasteiger partial charge on any atom is -0.505 e. The van der Waals surface area contributed by atoms with E-state index in [9.17, 15) is 9.90 Å². The van der Waals surface area contributed by atoms with Crippen molar-refractivity contribution >= 4 is 11.0 Å². The smallest absolute Gasteiger partial charge is 0.254 e. The summed E-state index contributed by atoms with van der Waals surface area (Å²) in [5.74, 6) is -0.0734. The van der Waals surface area contributed by atoms with E-state index in [2.05, 4.69) is 5.10 Å². The van der Waals surface area contributed by atoms with Crippen LogP contribution < -0.4 is 5.56 Å². The van der Waals surface area contributed by atoms with Gasteiger partial charge in [-0.05, 0) is 26.2 Å². The van der Waals surface area contributed by atoms with Crippen molar-refractivity contribution < 1.29 is 9.84 Å². The topological polar surface area (TPSA) is 69.3 Å². The Balaban J connectivity index is 2.22. The Kier molecular flexibility index (Phi) is 2.82. The molecular formula is C13H17N3O3. The third-order valence-corrected chi connectivity index (χ3v) is 3.72. The summed E-state index contributed by atoms with van der Waals surface area (Å²) in [6, 6.07) is 1.20. The van der Waals surface area contributed by atoms with E-state index in [-0.39, 0.29) is 17.5 Å². The van der Waals surface area contributed by atoms with Crippen LogP contribution in [-0.2, 0) is 11.8 Å². The molecule has 0 bridgehead atoms. The molecule has 0 aromatic carbocycles. The second-order valence-corrected chi connectivity index (χ2v) is 4.98. The Morgan fingerprint density at radius 3 is 2.95 bits per heavy atom. The number of aryl methyl sites for hydroxylation is 2. The van der Waals surface area contributed by atoms with Gasteiger partial charge in [0.1, 0.15) is 0 Å². The van der Waals surface area contributed by atoms with Crippen LogP contribution in [0, 0.1) is 6.92 Å². The van der Waals surface area contributed by atoms with Crippen LogP contribution in [0.1, 0.15) is 31.2 Å². The van der Waals surface area contributed by atoms with Crippen LogP contribution in [0.2, 0.25) is 0 Å². The van der Waals surface area contributed by atoms with Gasteiger partial charge in [-0.2, -0.15) is 5.10 Å². The van der Waals surface area contributed by atoms with Crippen molar-refractivity contribution in [3.8, 4) is 5.75 Å². The van der Waals surface area contributed by atoms with Crippen LogP contribution in [-0.4, -0.2) is 26.1 Å². The fourth-order valence-corrected chi connectivity index (χ4v) is 2.67. The van der Waals surface area contributed by atoms with Gasteiger partial charge < -0.3 is 14.4 Å². The molecule has 6 heteroatoms. The lowest BCUT2D eigenvalue weighted by Crippen LogP contribution is -2.20. The zero-order chi connectivity index (χ0) is 13.6. The molecule has 102 valence electrons. The molecule has 3 heterocycles. The largest absolute Gasteiger partial charge is 0.505 e. The fourth-order valence-electron chi connectivity index (χ4n) is 2.67. The van der Waals surface area contributed by atoms with Crippen LogP contribution in [0.15, 0.2) is 10.9 Å². The van der Waals surface area contributed by atoms with Crippen LogP contribution in [0.4, 0.5) is 0 Å². The summed E-state index contributed by atoms with van der Waals surface area (Å²) < 4.78 is 9.01. The Morgan fingerprint density at radius 2 is 2.26 bits per heavy atom. The van der Waals surface area contributed by atoms with E-state index in [4.69, 9.17) is 4.74 Å². The standard InChI is InChI=1S/C13H17N3O3/c1-8-13-12(9(17)7-10(18)15(13)2)14-16(8)11-5-3-4-6-19-11/h7,11,17H,3-6H2,1-2H3. The van der Waals surface area contributed by atoms with Crippen LogP contribution in [0.3, 0.4) is 0 Å². The summed E-state index contributed by atoms with van der Waals surface area (Å²) in [7, 11) is 1.69. The van der Waals surface area contributed by atoms with Crippen molar-refractivity contribution in [1.29, 1.82) is 0 Å². The number of rotatable bonds is 1. The molecule has 19 heavy (non-hydrogen) atoms. The molecule has 1 aliphatic rings. The molecule has 0 spiro atoms. The van der Waals surface area contributed by atoms with Gasteiger partial charge in [-0.15, -0.1) is 0 Å². The normalized spacial score (nSPS) is 20.0. The third kappa shape index (κ3) is 1.83. The number of nitrogens with zero attached hydrogens (tertiary/aromatic N) is 3. The van der Waals surface area contributed by atoms with Gasteiger partial charge in [0.15, 0.2) is 17.5 Å². The van der Waals surface area contributed by atoms with Crippen LogP contribution in [0.25, 0.3) is 11.0 Å². The first-order chi connectivity index (χ1) is 9.09. The Labute approximate surface area is 110 Å². The highest BCUT2D eigenvalue weighted by Crippen LogP contribution is 2.29. The van der Waals surface area contributed by atoms with E-state index < -0.39 is 0 Å². The summed E-state index contributed by atoms with van der Waals surface area (Å²) in [6.45, 7) is 2.62. The highest BCUT2D eigenvalue weighted by Gasteiger charge is 2.22.